The molecule has 1 aromatic rings. The van der Waals surface area contributed by atoms with E-state index in [2.05, 4.69) is 0 Å². The fraction of sp³-hybridized carbons (Fsp3) is 0.273. The predicted molar refractivity (Wildman–Crippen MR) is 59.9 cm³/mol. The summed E-state index contributed by atoms with van der Waals surface area (Å²) < 4.78 is 0. The van der Waals surface area contributed by atoms with Crippen LogP contribution in [-0.2, 0) is 0 Å². The van der Waals surface area contributed by atoms with Crippen molar-refractivity contribution in [2.24, 2.45) is 5.73 Å². The molecule has 0 aromatic heterocycles. The molecular formula is C11H13N3O2. The Morgan fingerprint density at radius 1 is 1.31 bits per heavy atom. The fourth-order valence-corrected chi connectivity index (χ4v) is 1.84. The summed E-state index contributed by atoms with van der Waals surface area (Å²) in [4.78, 5) is 25.1. The molecule has 0 bridgehead atoms. The number of nitrogens with zero attached hydrogens (tertiary/aromatic N) is 1. The van der Waals surface area contributed by atoms with Crippen LogP contribution >= 0.6 is 0 Å². The summed E-state index contributed by atoms with van der Waals surface area (Å²) in [6.45, 7) is 1.98. The Balaban J connectivity index is 2.53. The second-order valence-corrected chi connectivity index (χ2v) is 3.83. The Bertz CT molecular complexity index is 470. The number of amides is 2. The van der Waals surface area contributed by atoms with Gasteiger partial charge in [-0.05, 0) is 19.1 Å². The average Bonchev–Trinajstić information content (AvgIpc) is 2.52. The van der Waals surface area contributed by atoms with E-state index in [1.54, 1.807) is 25.1 Å². The van der Waals surface area contributed by atoms with Crippen LogP contribution in [0.2, 0.25) is 0 Å². The van der Waals surface area contributed by atoms with E-state index in [0.29, 0.717) is 16.8 Å². The van der Waals surface area contributed by atoms with Crippen LogP contribution in [-0.4, -0.2) is 29.3 Å². The highest BCUT2D eigenvalue weighted by molar-refractivity contribution is 6.23. The number of hydrogen-bond acceptors (Lipinski definition) is 4. The van der Waals surface area contributed by atoms with Crippen molar-refractivity contribution in [3.05, 3.63) is 29.3 Å². The first kappa shape index (κ1) is 10.6. The summed E-state index contributed by atoms with van der Waals surface area (Å²) in [5.74, 6) is -0.665. The van der Waals surface area contributed by atoms with Crippen molar-refractivity contribution >= 4 is 17.5 Å². The average molecular weight is 219 g/mol. The lowest BCUT2D eigenvalue weighted by Crippen LogP contribution is -2.42. The van der Waals surface area contributed by atoms with Gasteiger partial charge in [0.15, 0.2) is 0 Å². The van der Waals surface area contributed by atoms with Crippen LogP contribution in [0.4, 0.5) is 5.69 Å². The van der Waals surface area contributed by atoms with Gasteiger partial charge < -0.3 is 11.5 Å². The Kier molecular flexibility index (Phi) is 2.40. The molecule has 1 unspecified atom stereocenters. The summed E-state index contributed by atoms with van der Waals surface area (Å²) in [6, 6.07) is 4.57. The van der Waals surface area contributed by atoms with E-state index in [0.717, 1.165) is 0 Å². The minimum Gasteiger partial charge on any atom is -0.398 e. The van der Waals surface area contributed by atoms with Crippen molar-refractivity contribution in [3.63, 3.8) is 0 Å². The molecule has 0 saturated heterocycles. The molecule has 2 rings (SSSR count). The van der Waals surface area contributed by atoms with Gasteiger partial charge in [0, 0.05) is 18.3 Å². The monoisotopic (exact) mass is 219 g/mol. The minimum atomic E-state index is -0.351. The Labute approximate surface area is 93.0 Å². The molecule has 0 fully saturated rings. The third-order valence-electron chi connectivity index (χ3n) is 2.76. The normalized spacial score (nSPS) is 16.5. The third kappa shape index (κ3) is 1.29. The molecule has 1 atom stereocenters. The summed E-state index contributed by atoms with van der Waals surface area (Å²) in [6.07, 6.45) is 0. The maximum Gasteiger partial charge on any atom is 0.263 e. The third-order valence-corrected chi connectivity index (χ3v) is 2.76. The number of anilines is 1. The molecule has 0 saturated carbocycles. The van der Waals surface area contributed by atoms with Crippen molar-refractivity contribution in [1.29, 1.82) is 0 Å². The van der Waals surface area contributed by atoms with Crippen molar-refractivity contribution in [2.45, 2.75) is 13.0 Å². The minimum absolute atomic E-state index is 0.241. The summed E-state index contributed by atoms with van der Waals surface area (Å²) in [7, 11) is 0. The molecule has 1 heterocycles. The maximum absolute atomic E-state index is 12.0. The second kappa shape index (κ2) is 3.61. The van der Waals surface area contributed by atoms with E-state index < -0.39 is 0 Å². The lowest BCUT2D eigenvalue weighted by atomic mass is 10.1. The van der Waals surface area contributed by atoms with Gasteiger partial charge in [-0.15, -0.1) is 0 Å². The molecule has 0 radical (unpaired) electrons. The molecule has 1 aliphatic heterocycles. The highest BCUT2D eigenvalue weighted by atomic mass is 16.2. The van der Waals surface area contributed by atoms with Gasteiger partial charge >= 0.3 is 0 Å². The van der Waals surface area contributed by atoms with Crippen molar-refractivity contribution < 1.29 is 9.59 Å². The Morgan fingerprint density at radius 3 is 2.56 bits per heavy atom. The van der Waals surface area contributed by atoms with Gasteiger partial charge in [0.05, 0.1) is 11.1 Å². The molecule has 4 N–H and O–H groups in total. The summed E-state index contributed by atoms with van der Waals surface area (Å²) in [5, 5.41) is 0. The van der Waals surface area contributed by atoms with E-state index in [-0.39, 0.29) is 24.4 Å². The Morgan fingerprint density at radius 2 is 2.00 bits per heavy atom. The molecule has 1 aromatic carbocycles. The van der Waals surface area contributed by atoms with E-state index >= 15 is 0 Å². The number of hydrogen-bond donors (Lipinski definition) is 2. The predicted octanol–water partition coefficient (Wildman–Crippen LogP) is 0.212. The molecule has 84 valence electrons. The van der Waals surface area contributed by atoms with Gasteiger partial charge in [0.2, 0.25) is 0 Å². The maximum atomic E-state index is 12.0. The van der Waals surface area contributed by atoms with Crippen molar-refractivity contribution in [3.8, 4) is 0 Å². The van der Waals surface area contributed by atoms with Crippen LogP contribution in [0.1, 0.15) is 27.6 Å². The molecule has 16 heavy (non-hydrogen) atoms. The number of nitrogens with two attached hydrogens (primary N) is 2. The van der Waals surface area contributed by atoms with Gasteiger partial charge in [-0.2, -0.15) is 0 Å². The number of fused-ring (bicyclic) bond motifs is 1. The zero-order chi connectivity index (χ0) is 11.9. The molecule has 2 amide bonds. The van der Waals surface area contributed by atoms with E-state index in [9.17, 15) is 9.59 Å². The van der Waals surface area contributed by atoms with Crippen molar-refractivity contribution in [1.82, 2.24) is 4.90 Å². The number of carbonyl (C=O) groups excluding carboxylic acids is 2. The first-order valence-corrected chi connectivity index (χ1v) is 5.04. The van der Waals surface area contributed by atoms with Gasteiger partial charge in [-0.3, -0.25) is 14.5 Å². The van der Waals surface area contributed by atoms with Crippen LogP contribution in [0.3, 0.4) is 0 Å². The largest absolute Gasteiger partial charge is 0.398 e. The standard InChI is InChI=1S/C11H13N3O2/c1-6(5-12)14-10(15)7-3-2-4-8(13)9(7)11(14)16/h2-4,6H,5,12-13H2,1H3. The van der Waals surface area contributed by atoms with E-state index in [1.807, 2.05) is 0 Å². The number of imide groups is 1. The summed E-state index contributed by atoms with van der Waals surface area (Å²) in [5.41, 5.74) is 12.2. The smallest absolute Gasteiger partial charge is 0.263 e. The molecule has 5 heteroatoms. The lowest BCUT2D eigenvalue weighted by Gasteiger charge is -2.20. The zero-order valence-electron chi connectivity index (χ0n) is 8.93. The number of benzene rings is 1. The van der Waals surface area contributed by atoms with E-state index in [4.69, 9.17) is 11.5 Å². The first-order chi connectivity index (χ1) is 7.57. The zero-order valence-corrected chi connectivity index (χ0v) is 8.93. The van der Waals surface area contributed by atoms with Crippen LogP contribution in [0.25, 0.3) is 0 Å². The Hall–Kier alpha value is -1.88. The molecule has 5 nitrogen and oxygen atoms in total. The van der Waals surface area contributed by atoms with Gasteiger partial charge in [-0.1, -0.05) is 6.07 Å². The van der Waals surface area contributed by atoms with Crippen LogP contribution in [0.15, 0.2) is 18.2 Å². The highest BCUT2D eigenvalue weighted by Crippen LogP contribution is 2.28. The lowest BCUT2D eigenvalue weighted by molar-refractivity contribution is 0.0602. The van der Waals surface area contributed by atoms with Crippen molar-refractivity contribution in [2.75, 3.05) is 12.3 Å². The van der Waals surface area contributed by atoms with Gasteiger partial charge in [0.25, 0.3) is 11.8 Å². The quantitative estimate of drug-likeness (QED) is 0.549. The molecule has 1 aliphatic rings. The molecule has 0 spiro atoms. The fourth-order valence-electron chi connectivity index (χ4n) is 1.84. The van der Waals surface area contributed by atoms with Crippen LogP contribution in [0.5, 0.6) is 0 Å². The van der Waals surface area contributed by atoms with Gasteiger partial charge in [-0.25, -0.2) is 0 Å². The number of nitrogen functional groups attached to an aromatic ring is 1. The SMILES string of the molecule is CC(CN)N1C(=O)c2cccc(N)c2C1=O. The highest BCUT2D eigenvalue weighted by Gasteiger charge is 2.39. The second-order valence-electron chi connectivity index (χ2n) is 3.83. The number of carbonyl (C=O) groups is 2. The van der Waals surface area contributed by atoms with E-state index in [1.165, 1.54) is 4.90 Å². The topological polar surface area (TPSA) is 89.4 Å². The van der Waals surface area contributed by atoms with Crippen LogP contribution in [0, 0.1) is 0 Å². The van der Waals surface area contributed by atoms with Crippen LogP contribution < -0.4 is 11.5 Å². The molecular weight excluding hydrogens is 206 g/mol. The van der Waals surface area contributed by atoms with Gasteiger partial charge in [0.1, 0.15) is 0 Å². The first-order valence-electron chi connectivity index (χ1n) is 5.04. The number of rotatable bonds is 2. The summed E-state index contributed by atoms with van der Waals surface area (Å²) >= 11 is 0. The molecule has 0 aliphatic carbocycles.